The van der Waals surface area contributed by atoms with Crippen molar-refractivity contribution in [2.45, 2.75) is 64.5 Å². The van der Waals surface area contributed by atoms with Crippen LogP contribution in [0.2, 0.25) is 0 Å². The third kappa shape index (κ3) is 10.2. The van der Waals surface area contributed by atoms with Gasteiger partial charge in [0.1, 0.15) is 6.10 Å². The van der Waals surface area contributed by atoms with Crippen molar-refractivity contribution in [2.24, 2.45) is 0 Å². The number of nitrogens with one attached hydrogen (secondary N) is 1. The summed E-state index contributed by atoms with van der Waals surface area (Å²) in [5, 5.41) is 11.5. The van der Waals surface area contributed by atoms with E-state index in [0.717, 1.165) is 18.4 Å². The topological polar surface area (TPSA) is 92.7 Å². The molecule has 0 fully saturated rings. The fraction of sp³-hybridized carbons (Fsp3) is 0.526. The fourth-order valence-electron chi connectivity index (χ4n) is 2.32. The lowest BCUT2D eigenvalue weighted by Crippen LogP contribution is -2.26. The molecule has 1 atom stereocenters. The maximum absolute atomic E-state index is 12.0. The van der Waals surface area contributed by atoms with Crippen LogP contribution in [0, 0.1) is 0 Å². The molecule has 0 unspecified atom stereocenters. The third-order valence-electron chi connectivity index (χ3n) is 3.75. The number of ether oxygens (including phenoxy) is 1. The van der Waals surface area contributed by atoms with E-state index in [9.17, 15) is 14.4 Å². The number of hydrogen-bond donors (Lipinski definition) is 2. The highest BCUT2D eigenvalue weighted by Crippen LogP contribution is 2.13. The van der Waals surface area contributed by atoms with E-state index in [1.165, 1.54) is 0 Å². The van der Waals surface area contributed by atoms with Gasteiger partial charge in [0, 0.05) is 13.0 Å². The van der Waals surface area contributed by atoms with Crippen molar-refractivity contribution >= 4 is 17.8 Å². The van der Waals surface area contributed by atoms with Crippen LogP contribution in [-0.4, -0.2) is 29.1 Å². The Labute approximate surface area is 148 Å². The van der Waals surface area contributed by atoms with Gasteiger partial charge in [-0.2, -0.15) is 0 Å². The van der Waals surface area contributed by atoms with Gasteiger partial charge in [0.25, 0.3) is 0 Å². The number of carboxylic acids is 1. The molecular weight excluding hydrogens is 322 g/mol. The molecule has 0 bridgehead atoms. The molecule has 0 saturated carbocycles. The number of benzene rings is 1. The average molecular weight is 349 g/mol. The number of carbonyl (C=O) groups excluding carboxylic acids is 2. The summed E-state index contributed by atoms with van der Waals surface area (Å²) in [7, 11) is 0. The van der Waals surface area contributed by atoms with Gasteiger partial charge in [-0.05, 0) is 18.4 Å². The molecule has 0 aliphatic rings. The number of rotatable bonds is 12. The van der Waals surface area contributed by atoms with Crippen molar-refractivity contribution in [1.82, 2.24) is 5.32 Å². The van der Waals surface area contributed by atoms with E-state index in [1.807, 2.05) is 37.3 Å². The van der Waals surface area contributed by atoms with Gasteiger partial charge < -0.3 is 15.2 Å². The Morgan fingerprint density at radius 1 is 1.08 bits per heavy atom. The molecule has 1 aromatic rings. The maximum atomic E-state index is 12.0. The highest BCUT2D eigenvalue weighted by molar-refractivity contribution is 5.77. The lowest BCUT2D eigenvalue weighted by atomic mass is 10.1. The average Bonchev–Trinajstić information content (AvgIpc) is 2.61. The molecule has 0 radical (unpaired) electrons. The summed E-state index contributed by atoms with van der Waals surface area (Å²) in [5.74, 6) is -1.64. The highest BCUT2D eigenvalue weighted by atomic mass is 16.5. The minimum atomic E-state index is -1.03. The normalized spacial score (nSPS) is 11.6. The molecule has 1 aromatic carbocycles. The van der Waals surface area contributed by atoms with Gasteiger partial charge in [-0.1, -0.05) is 50.1 Å². The number of esters is 1. The summed E-state index contributed by atoms with van der Waals surface area (Å²) in [4.78, 5) is 34.2. The number of carbonyl (C=O) groups is 3. The summed E-state index contributed by atoms with van der Waals surface area (Å²) < 4.78 is 5.33. The van der Waals surface area contributed by atoms with Crippen LogP contribution in [0.5, 0.6) is 0 Å². The molecule has 0 heterocycles. The number of hydrogen-bond acceptors (Lipinski definition) is 4. The molecular formula is C19H27NO5. The van der Waals surface area contributed by atoms with Crippen molar-refractivity contribution in [3.63, 3.8) is 0 Å². The zero-order valence-corrected chi connectivity index (χ0v) is 14.7. The van der Waals surface area contributed by atoms with E-state index in [1.54, 1.807) is 0 Å². The fourth-order valence-corrected chi connectivity index (χ4v) is 2.32. The molecule has 1 amide bonds. The summed E-state index contributed by atoms with van der Waals surface area (Å²) >= 11 is 0. The lowest BCUT2D eigenvalue weighted by Gasteiger charge is -2.17. The van der Waals surface area contributed by atoms with Gasteiger partial charge in [-0.15, -0.1) is 0 Å². The van der Waals surface area contributed by atoms with Crippen LogP contribution in [0.25, 0.3) is 0 Å². The van der Waals surface area contributed by atoms with Crippen molar-refractivity contribution in [2.75, 3.05) is 0 Å². The van der Waals surface area contributed by atoms with Crippen LogP contribution in [0.15, 0.2) is 30.3 Å². The Balaban J connectivity index is 2.36. The first kappa shape index (κ1) is 20.7. The van der Waals surface area contributed by atoms with Gasteiger partial charge in [-0.25, -0.2) is 0 Å². The third-order valence-corrected chi connectivity index (χ3v) is 3.75. The Morgan fingerprint density at radius 3 is 2.44 bits per heavy atom. The molecule has 1 rings (SSSR count). The van der Waals surface area contributed by atoms with Crippen LogP contribution in [0.1, 0.15) is 57.4 Å². The van der Waals surface area contributed by atoms with Gasteiger partial charge >= 0.3 is 11.9 Å². The van der Waals surface area contributed by atoms with Crippen molar-refractivity contribution in [3.8, 4) is 0 Å². The second kappa shape index (κ2) is 12.1. The maximum Gasteiger partial charge on any atom is 0.306 e. The molecule has 6 heteroatoms. The quantitative estimate of drug-likeness (QED) is 0.566. The van der Waals surface area contributed by atoms with Crippen LogP contribution < -0.4 is 5.32 Å². The number of unbranched alkanes of at least 4 members (excludes halogenated alkanes) is 1. The van der Waals surface area contributed by atoms with Crippen LogP contribution in [0.4, 0.5) is 0 Å². The smallest absolute Gasteiger partial charge is 0.306 e. The molecule has 25 heavy (non-hydrogen) atoms. The SMILES string of the molecule is CCCC[C@@H](CCC(=O)NCc1ccccc1)OC(=O)CCC(=O)O. The molecule has 138 valence electrons. The first-order chi connectivity index (χ1) is 12.0. The van der Waals surface area contributed by atoms with Gasteiger partial charge in [0.15, 0.2) is 0 Å². The van der Waals surface area contributed by atoms with E-state index < -0.39 is 11.9 Å². The van der Waals surface area contributed by atoms with Crippen LogP contribution >= 0.6 is 0 Å². The lowest BCUT2D eigenvalue weighted by molar-refractivity contribution is -0.153. The summed E-state index contributed by atoms with van der Waals surface area (Å²) in [5.41, 5.74) is 1.03. The van der Waals surface area contributed by atoms with E-state index in [4.69, 9.17) is 9.84 Å². The molecule has 0 saturated heterocycles. The standard InChI is InChI=1S/C19H27NO5/c1-2-3-9-16(25-19(24)13-12-18(22)23)10-11-17(21)20-14-15-7-5-4-6-8-15/h4-8,16H,2-3,9-14H2,1H3,(H,20,21)(H,22,23)/t16-/m0/s1. The van der Waals surface area contributed by atoms with Gasteiger partial charge in [0.2, 0.25) is 5.91 Å². The summed E-state index contributed by atoms with van der Waals surface area (Å²) in [6.45, 7) is 2.51. The zero-order chi connectivity index (χ0) is 18.5. The minimum absolute atomic E-state index is 0.0908. The monoisotopic (exact) mass is 349 g/mol. The van der Waals surface area contributed by atoms with E-state index in [2.05, 4.69) is 5.32 Å². The summed E-state index contributed by atoms with van der Waals surface area (Å²) in [6.07, 6.45) is 2.53. The largest absolute Gasteiger partial charge is 0.481 e. The first-order valence-electron chi connectivity index (χ1n) is 8.73. The highest BCUT2D eigenvalue weighted by Gasteiger charge is 2.16. The molecule has 0 spiro atoms. The van der Waals surface area contributed by atoms with E-state index in [-0.39, 0.29) is 31.3 Å². The Morgan fingerprint density at radius 2 is 1.80 bits per heavy atom. The van der Waals surface area contributed by atoms with Crippen LogP contribution in [-0.2, 0) is 25.7 Å². The second-order valence-electron chi connectivity index (χ2n) is 5.95. The van der Waals surface area contributed by atoms with Crippen molar-refractivity contribution in [1.29, 1.82) is 0 Å². The van der Waals surface area contributed by atoms with E-state index in [0.29, 0.717) is 19.4 Å². The molecule has 0 aliphatic heterocycles. The molecule has 2 N–H and O–H groups in total. The number of carboxylic acid groups (broad SMARTS) is 1. The van der Waals surface area contributed by atoms with Crippen molar-refractivity contribution < 1.29 is 24.2 Å². The van der Waals surface area contributed by atoms with Crippen LogP contribution in [0.3, 0.4) is 0 Å². The predicted molar refractivity (Wildman–Crippen MR) is 93.8 cm³/mol. The van der Waals surface area contributed by atoms with Gasteiger partial charge in [-0.3, -0.25) is 14.4 Å². The summed E-state index contributed by atoms with van der Waals surface area (Å²) in [6, 6.07) is 9.63. The molecule has 0 aromatic heterocycles. The van der Waals surface area contributed by atoms with Crippen molar-refractivity contribution in [3.05, 3.63) is 35.9 Å². The van der Waals surface area contributed by atoms with E-state index >= 15 is 0 Å². The second-order valence-corrected chi connectivity index (χ2v) is 5.95. The Hall–Kier alpha value is -2.37. The van der Waals surface area contributed by atoms with Gasteiger partial charge in [0.05, 0.1) is 12.8 Å². The minimum Gasteiger partial charge on any atom is -0.481 e. The first-order valence-corrected chi connectivity index (χ1v) is 8.73. The zero-order valence-electron chi connectivity index (χ0n) is 14.7. The Bertz CT molecular complexity index is 544. The molecule has 6 nitrogen and oxygen atoms in total. The molecule has 0 aliphatic carbocycles. The predicted octanol–water partition coefficient (Wildman–Crippen LogP) is 3.05. The number of amides is 1. The number of aliphatic carboxylic acids is 1. The Kier molecular flexibility index (Phi) is 9.97.